The lowest BCUT2D eigenvalue weighted by molar-refractivity contribution is 0.168. The van der Waals surface area contributed by atoms with Crippen LogP contribution in [-0.4, -0.2) is 18.1 Å². The van der Waals surface area contributed by atoms with E-state index in [-0.39, 0.29) is 0 Å². The van der Waals surface area contributed by atoms with Crippen molar-refractivity contribution in [1.29, 1.82) is 0 Å². The van der Waals surface area contributed by atoms with E-state index in [0.717, 1.165) is 41.7 Å². The van der Waals surface area contributed by atoms with Crippen LogP contribution in [0, 0.1) is 0 Å². The third-order valence-corrected chi connectivity index (χ3v) is 2.86. The molecular formula is C12H13N3O. The molecule has 1 saturated heterocycles. The van der Waals surface area contributed by atoms with Crippen molar-refractivity contribution in [3.05, 3.63) is 30.6 Å². The molecule has 82 valence electrons. The summed E-state index contributed by atoms with van der Waals surface area (Å²) in [6, 6.07) is 5.95. The van der Waals surface area contributed by atoms with Crippen molar-refractivity contribution in [3.63, 3.8) is 0 Å². The van der Waals surface area contributed by atoms with E-state index in [9.17, 15) is 0 Å². The first-order valence-electron chi connectivity index (χ1n) is 5.39. The molecule has 0 atom stereocenters. The number of rotatable bonds is 1. The zero-order chi connectivity index (χ0) is 11.0. The molecular weight excluding hydrogens is 202 g/mol. The number of anilines is 2. The maximum Gasteiger partial charge on any atom is 0.0872 e. The highest BCUT2D eigenvalue weighted by molar-refractivity contribution is 5.98. The monoisotopic (exact) mass is 215 g/mol. The summed E-state index contributed by atoms with van der Waals surface area (Å²) in [5.41, 5.74) is 7.87. The van der Waals surface area contributed by atoms with Crippen LogP contribution in [0.4, 0.5) is 11.4 Å². The molecule has 1 aromatic carbocycles. The van der Waals surface area contributed by atoms with Gasteiger partial charge in [0, 0.05) is 29.7 Å². The number of aromatic nitrogens is 1. The molecule has 2 heterocycles. The molecule has 0 bridgehead atoms. The van der Waals surface area contributed by atoms with Crippen LogP contribution in [0.25, 0.3) is 10.8 Å². The normalized spacial score (nSPS) is 15.9. The number of hydroxylamine groups is 1. The maximum atomic E-state index is 6.15. The highest BCUT2D eigenvalue weighted by Gasteiger charge is 2.16. The number of hydrogen-bond donors (Lipinski definition) is 1. The minimum absolute atomic E-state index is 0.766. The molecule has 0 amide bonds. The molecule has 2 aromatic rings. The molecule has 1 aromatic heterocycles. The number of benzene rings is 1. The van der Waals surface area contributed by atoms with Crippen LogP contribution in [-0.2, 0) is 4.84 Å². The molecule has 0 aliphatic carbocycles. The first-order valence-corrected chi connectivity index (χ1v) is 5.39. The Morgan fingerprint density at radius 1 is 1.31 bits per heavy atom. The Morgan fingerprint density at radius 2 is 2.25 bits per heavy atom. The van der Waals surface area contributed by atoms with E-state index < -0.39 is 0 Å². The second-order valence-corrected chi connectivity index (χ2v) is 3.88. The van der Waals surface area contributed by atoms with Crippen LogP contribution in [0.2, 0.25) is 0 Å². The van der Waals surface area contributed by atoms with Gasteiger partial charge in [-0.3, -0.25) is 14.9 Å². The molecule has 16 heavy (non-hydrogen) atoms. The lowest BCUT2D eigenvalue weighted by Crippen LogP contribution is -2.17. The van der Waals surface area contributed by atoms with E-state index in [1.807, 2.05) is 29.5 Å². The Hall–Kier alpha value is -1.81. The van der Waals surface area contributed by atoms with Gasteiger partial charge in [-0.2, -0.15) is 0 Å². The number of nitrogen functional groups attached to an aromatic ring is 1. The molecule has 0 saturated carbocycles. The van der Waals surface area contributed by atoms with E-state index in [0.29, 0.717) is 0 Å². The number of nitrogens with zero attached hydrogens (tertiary/aromatic N) is 2. The van der Waals surface area contributed by atoms with E-state index in [1.54, 1.807) is 6.20 Å². The molecule has 4 heteroatoms. The van der Waals surface area contributed by atoms with Crippen molar-refractivity contribution in [2.24, 2.45) is 0 Å². The number of fused-ring (bicyclic) bond motifs is 1. The maximum absolute atomic E-state index is 6.15. The fourth-order valence-electron chi connectivity index (χ4n) is 2.04. The first kappa shape index (κ1) is 9.42. The fourth-order valence-corrected chi connectivity index (χ4v) is 2.04. The topological polar surface area (TPSA) is 51.4 Å². The van der Waals surface area contributed by atoms with Gasteiger partial charge in [0.15, 0.2) is 0 Å². The molecule has 0 spiro atoms. The third kappa shape index (κ3) is 1.39. The third-order valence-electron chi connectivity index (χ3n) is 2.86. The summed E-state index contributed by atoms with van der Waals surface area (Å²) in [5, 5.41) is 3.96. The van der Waals surface area contributed by atoms with Crippen molar-refractivity contribution in [2.45, 2.75) is 6.42 Å². The van der Waals surface area contributed by atoms with Crippen LogP contribution >= 0.6 is 0 Å². The minimum Gasteiger partial charge on any atom is -0.396 e. The second kappa shape index (κ2) is 3.64. The van der Waals surface area contributed by atoms with Crippen LogP contribution in [0.5, 0.6) is 0 Å². The number of nitrogens with two attached hydrogens (primary N) is 1. The van der Waals surface area contributed by atoms with Gasteiger partial charge in [0.1, 0.15) is 0 Å². The SMILES string of the molecule is Nc1c(N2CCCO2)ccc2cnccc12. The second-order valence-electron chi connectivity index (χ2n) is 3.88. The van der Waals surface area contributed by atoms with Crippen molar-refractivity contribution >= 4 is 22.1 Å². The van der Waals surface area contributed by atoms with Gasteiger partial charge in [-0.1, -0.05) is 6.07 Å². The molecule has 3 rings (SSSR count). The van der Waals surface area contributed by atoms with Gasteiger partial charge in [0.25, 0.3) is 0 Å². The van der Waals surface area contributed by atoms with Gasteiger partial charge in [-0.15, -0.1) is 0 Å². The highest BCUT2D eigenvalue weighted by atomic mass is 16.7. The van der Waals surface area contributed by atoms with Gasteiger partial charge in [-0.25, -0.2) is 0 Å². The molecule has 4 nitrogen and oxygen atoms in total. The predicted molar refractivity (Wildman–Crippen MR) is 64.1 cm³/mol. The van der Waals surface area contributed by atoms with Crippen molar-refractivity contribution in [1.82, 2.24) is 4.98 Å². The summed E-state index contributed by atoms with van der Waals surface area (Å²) in [6.07, 6.45) is 4.63. The van der Waals surface area contributed by atoms with Crippen molar-refractivity contribution < 1.29 is 4.84 Å². The predicted octanol–water partition coefficient (Wildman–Crippen LogP) is 1.96. The highest BCUT2D eigenvalue weighted by Crippen LogP contribution is 2.32. The van der Waals surface area contributed by atoms with Gasteiger partial charge < -0.3 is 5.73 Å². The fraction of sp³-hybridized carbons (Fsp3) is 0.250. The summed E-state index contributed by atoms with van der Waals surface area (Å²) in [5.74, 6) is 0. The van der Waals surface area contributed by atoms with Gasteiger partial charge in [0.05, 0.1) is 18.0 Å². The largest absolute Gasteiger partial charge is 0.396 e. The Balaban J connectivity index is 2.15. The van der Waals surface area contributed by atoms with Crippen molar-refractivity contribution in [2.75, 3.05) is 23.9 Å². The zero-order valence-electron chi connectivity index (χ0n) is 8.89. The molecule has 1 aliphatic rings. The number of hydrogen-bond acceptors (Lipinski definition) is 4. The molecule has 1 aliphatic heterocycles. The van der Waals surface area contributed by atoms with E-state index in [1.165, 1.54) is 0 Å². The van der Waals surface area contributed by atoms with Crippen LogP contribution in [0.3, 0.4) is 0 Å². The first-order chi connectivity index (χ1) is 7.86. The molecule has 0 radical (unpaired) electrons. The lowest BCUT2D eigenvalue weighted by Gasteiger charge is -2.19. The molecule has 0 unspecified atom stereocenters. The van der Waals surface area contributed by atoms with Gasteiger partial charge >= 0.3 is 0 Å². The summed E-state index contributed by atoms with van der Waals surface area (Å²) >= 11 is 0. The average Bonchev–Trinajstić information content (AvgIpc) is 2.83. The Labute approximate surface area is 93.6 Å². The smallest absolute Gasteiger partial charge is 0.0872 e. The summed E-state index contributed by atoms with van der Waals surface area (Å²) < 4.78 is 0. The lowest BCUT2D eigenvalue weighted by atomic mass is 10.1. The van der Waals surface area contributed by atoms with E-state index in [2.05, 4.69) is 4.98 Å². The van der Waals surface area contributed by atoms with Gasteiger partial charge in [-0.05, 0) is 18.6 Å². The Bertz CT molecular complexity index is 521. The van der Waals surface area contributed by atoms with Gasteiger partial charge in [0.2, 0.25) is 0 Å². The zero-order valence-corrected chi connectivity index (χ0v) is 8.89. The number of pyridine rings is 1. The summed E-state index contributed by atoms with van der Waals surface area (Å²) in [6.45, 7) is 1.68. The van der Waals surface area contributed by atoms with Crippen molar-refractivity contribution in [3.8, 4) is 0 Å². The van der Waals surface area contributed by atoms with E-state index >= 15 is 0 Å². The molecule has 1 fully saturated rings. The van der Waals surface area contributed by atoms with Crippen LogP contribution < -0.4 is 10.8 Å². The van der Waals surface area contributed by atoms with Crippen LogP contribution in [0.15, 0.2) is 30.6 Å². The summed E-state index contributed by atoms with van der Waals surface area (Å²) in [7, 11) is 0. The summed E-state index contributed by atoms with van der Waals surface area (Å²) in [4.78, 5) is 9.59. The Morgan fingerprint density at radius 3 is 3.06 bits per heavy atom. The quantitative estimate of drug-likeness (QED) is 0.739. The minimum atomic E-state index is 0.766. The molecule has 2 N–H and O–H groups in total. The standard InChI is InChI=1S/C12H13N3O/c13-12-10-4-5-14-8-9(10)2-3-11(12)15-6-1-7-16-15/h2-5,8H,1,6-7,13H2. The van der Waals surface area contributed by atoms with E-state index in [4.69, 9.17) is 10.6 Å². The van der Waals surface area contributed by atoms with Crippen LogP contribution in [0.1, 0.15) is 6.42 Å². The average molecular weight is 215 g/mol. The Kier molecular flexibility index (Phi) is 2.15.